The molecule has 2 heterocycles. The minimum atomic E-state index is -4.68. The minimum absolute atomic E-state index is 0.117. The van der Waals surface area contributed by atoms with E-state index in [9.17, 15) is 13.2 Å². The Morgan fingerprint density at radius 1 is 0.889 bits per heavy atom. The van der Waals surface area contributed by atoms with Crippen molar-refractivity contribution < 1.29 is 22.3 Å². The van der Waals surface area contributed by atoms with E-state index >= 15 is 0 Å². The summed E-state index contributed by atoms with van der Waals surface area (Å²) in [5.74, 6) is -0.227. The lowest BCUT2D eigenvalue weighted by Crippen LogP contribution is -2.16. The van der Waals surface area contributed by atoms with Crippen molar-refractivity contribution in [3.63, 3.8) is 0 Å². The van der Waals surface area contributed by atoms with Crippen LogP contribution in [-0.4, -0.2) is 12.1 Å². The van der Waals surface area contributed by atoms with E-state index in [0.717, 1.165) is 40.8 Å². The molecule has 2 aromatic carbocycles. The first-order valence-corrected chi connectivity index (χ1v) is 8.53. The van der Waals surface area contributed by atoms with Crippen molar-refractivity contribution in [2.45, 2.75) is 25.2 Å². The van der Waals surface area contributed by atoms with Crippen molar-refractivity contribution in [3.8, 4) is 16.9 Å². The quantitative estimate of drug-likeness (QED) is 0.550. The second-order valence-electron chi connectivity index (χ2n) is 6.34. The van der Waals surface area contributed by atoms with Gasteiger partial charge in [-0.15, -0.1) is 13.2 Å². The molecule has 3 nitrogen and oxygen atoms in total. The molecule has 0 aliphatic carbocycles. The number of hydrogen-bond acceptors (Lipinski definition) is 3. The predicted octanol–water partition coefficient (Wildman–Crippen LogP) is 6.17. The summed E-state index contributed by atoms with van der Waals surface area (Å²) in [6, 6.07) is 15.8. The fourth-order valence-corrected chi connectivity index (χ4v) is 3.23. The van der Waals surface area contributed by atoms with E-state index in [1.54, 1.807) is 24.7 Å². The van der Waals surface area contributed by atoms with Crippen LogP contribution in [0.1, 0.15) is 30.0 Å². The van der Waals surface area contributed by atoms with E-state index in [1.165, 1.54) is 12.1 Å². The van der Waals surface area contributed by atoms with Gasteiger partial charge in [0.25, 0.3) is 0 Å². The normalized spacial score (nSPS) is 17.0. The second-order valence-corrected chi connectivity index (χ2v) is 6.34. The van der Waals surface area contributed by atoms with Gasteiger partial charge in [-0.3, -0.25) is 4.99 Å². The molecule has 1 aliphatic rings. The number of benzene rings is 2. The number of hydrogen-bond donors (Lipinski definition) is 0. The molecule has 6 heteroatoms. The summed E-state index contributed by atoms with van der Waals surface area (Å²) in [6.45, 7) is 0. The summed E-state index contributed by atoms with van der Waals surface area (Å²) in [5, 5.41) is 0. The lowest BCUT2D eigenvalue weighted by atomic mass is 9.99. The van der Waals surface area contributed by atoms with Gasteiger partial charge in [0.15, 0.2) is 0 Å². The molecule has 0 saturated carbocycles. The van der Waals surface area contributed by atoms with Gasteiger partial charge in [0, 0.05) is 11.3 Å². The van der Waals surface area contributed by atoms with Crippen LogP contribution in [0.5, 0.6) is 5.75 Å². The Balaban J connectivity index is 1.48. The van der Waals surface area contributed by atoms with Gasteiger partial charge in [-0.25, -0.2) is 0 Å². The van der Waals surface area contributed by atoms with Gasteiger partial charge in [0.1, 0.15) is 5.75 Å². The van der Waals surface area contributed by atoms with E-state index < -0.39 is 6.36 Å². The van der Waals surface area contributed by atoms with Crippen LogP contribution in [-0.2, 0) is 0 Å². The van der Waals surface area contributed by atoms with Crippen LogP contribution >= 0.6 is 0 Å². The molecule has 0 saturated heterocycles. The van der Waals surface area contributed by atoms with Gasteiger partial charge >= 0.3 is 6.36 Å². The van der Waals surface area contributed by atoms with Crippen molar-refractivity contribution in [2.75, 3.05) is 0 Å². The maximum absolute atomic E-state index is 12.2. The zero-order valence-corrected chi connectivity index (χ0v) is 14.2. The molecule has 0 spiro atoms. The Morgan fingerprint density at radius 3 is 2.15 bits per heavy atom. The highest BCUT2D eigenvalue weighted by atomic mass is 19.4. The summed E-state index contributed by atoms with van der Waals surface area (Å²) in [7, 11) is 0. The van der Waals surface area contributed by atoms with E-state index in [-0.39, 0.29) is 11.8 Å². The Hall–Kier alpha value is -3.02. The van der Waals surface area contributed by atoms with Crippen LogP contribution in [0.3, 0.4) is 0 Å². The first kappa shape index (κ1) is 17.4. The van der Waals surface area contributed by atoms with Crippen LogP contribution in [0.25, 0.3) is 11.1 Å². The van der Waals surface area contributed by atoms with E-state index in [2.05, 4.69) is 4.74 Å². The molecule has 1 aromatic heterocycles. The zero-order chi connectivity index (χ0) is 18.9. The maximum atomic E-state index is 12.2. The average molecular weight is 371 g/mol. The third kappa shape index (κ3) is 4.05. The highest BCUT2D eigenvalue weighted by molar-refractivity contribution is 6.01. The molecule has 0 radical (unpaired) electrons. The first-order valence-electron chi connectivity index (χ1n) is 8.53. The standard InChI is InChI=1S/C21H16F3NO2/c22-21(23,24)27-18-7-5-15(6-8-18)14-1-3-16(4-2-14)19-9-10-20(25-19)17-11-12-26-13-17/h1-8,11-13,19H,9-10H2. The molecular formula is C21H16F3NO2. The van der Waals surface area contributed by atoms with Crippen LogP contribution in [0.15, 0.2) is 76.5 Å². The van der Waals surface area contributed by atoms with Gasteiger partial charge in [0.05, 0.1) is 18.6 Å². The zero-order valence-electron chi connectivity index (χ0n) is 14.2. The summed E-state index contributed by atoms with van der Waals surface area (Å²) in [4.78, 5) is 4.78. The minimum Gasteiger partial charge on any atom is -0.472 e. The number of rotatable bonds is 4. The number of nitrogens with zero attached hydrogens (tertiary/aromatic N) is 1. The number of furan rings is 1. The third-order valence-corrected chi connectivity index (χ3v) is 4.54. The van der Waals surface area contributed by atoms with Crippen LogP contribution in [0.4, 0.5) is 13.2 Å². The molecule has 0 amide bonds. The summed E-state index contributed by atoms with van der Waals surface area (Å²) in [6.07, 6.45) is 0.526. The van der Waals surface area contributed by atoms with Gasteiger partial charge in [0.2, 0.25) is 0 Å². The Labute approximate surface area is 154 Å². The van der Waals surface area contributed by atoms with Crippen LogP contribution in [0.2, 0.25) is 0 Å². The number of ether oxygens (including phenoxy) is 1. The molecule has 1 atom stereocenters. The first-order chi connectivity index (χ1) is 13.0. The number of aliphatic imine (C=N–C) groups is 1. The lowest BCUT2D eigenvalue weighted by Gasteiger charge is -2.10. The Morgan fingerprint density at radius 2 is 1.56 bits per heavy atom. The van der Waals surface area contributed by atoms with E-state index in [1.807, 2.05) is 30.3 Å². The molecule has 3 aromatic rings. The fourth-order valence-electron chi connectivity index (χ4n) is 3.23. The lowest BCUT2D eigenvalue weighted by molar-refractivity contribution is -0.274. The van der Waals surface area contributed by atoms with Crippen molar-refractivity contribution in [1.29, 1.82) is 0 Å². The topological polar surface area (TPSA) is 34.7 Å². The smallest absolute Gasteiger partial charge is 0.472 e. The highest BCUT2D eigenvalue weighted by Gasteiger charge is 2.31. The molecule has 1 aliphatic heterocycles. The fraction of sp³-hybridized carbons (Fsp3) is 0.190. The largest absolute Gasteiger partial charge is 0.573 e. The second kappa shape index (κ2) is 6.95. The van der Waals surface area contributed by atoms with Crippen molar-refractivity contribution in [1.82, 2.24) is 0 Å². The van der Waals surface area contributed by atoms with Gasteiger partial charge < -0.3 is 9.15 Å². The van der Waals surface area contributed by atoms with Crippen molar-refractivity contribution in [2.24, 2.45) is 4.99 Å². The summed E-state index contributed by atoms with van der Waals surface area (Å²) in [5.41, 5.74) is 4.95. The third-order valence-electron chi connectivity index (χ3n) is 4.54. The summed E-state index contributed by atoms with van der Waals surface area (Å²) < 4.78 is 45.7. The Kier molecular flexibility index (Phi) is 4.48. The number of alkyl halides is 3. The molecule has 0 bridgehead atoms. The van der Waals surface area contributed by atoms with Crippen LogP contribution < -0.4 is 4.74 Å². The molecule has 138 valence electrons. The van der Waals surface area contributed by atoms with Gasteiger partial charge in [-0.2, -0.15) is 0 Å². The molecule has 0 N–H and O–H groups in total. The SMILES string of the molecule is FC(F)(F)Oc1ccc(-c2ccc(C3CCC(c4ccoc4)=N3)cc2)cc1. The molecule has 27 heavy (non-hydrogen) atoms. The van der Waals surface area contributed by atoms with Crippen molar-refractivity contribution in [3.05, 3.63) is 78.3 Å². The van der Waals surface area contributed by atoms with E-state index in [4.69, 9.17) is 9.41 Å². The highest BCUT2D eigenvalue weighted by Crippen LogP contribution is 2.33. The molecular weight excluding hydrogens is 355 g/mol. The van der Waals surface area contributed by atoms with Crippen molar-refractivity contribution >= 4 is 5.71 Å². The molecule has 1 unspecified atom stereocenters. The predicted molar refractivity (Wildman–Crippen MR) is 95.8 cm³/mol. The van der Waals surface area contributed by atoms with E-state index in [0.29, 0.717) is 0 Å². The average Bonchev–Trinajstić information content (AvgIpc) is 3.33. The van der Waals surface area contributed by atoms with Gasteiger partial charge in [-0.1, -0.05) is 36.4 Å². The Bertz CT molecular complexity index is 927. The summed E-state index contributed by atoms with van der Waals surface area (Å²) >= 11 is 0. The maximum Gasteiger partial charge on any atom is 0.573 e. The molecule has 4 rings (SSSR count). The molecule has 0 fully saturated rings. The van der Waals surface area contributed by atoms with Crippen LogP contribution in [0, 0.1) is 0 Å². The van der Waals surface area contributed by atoms with Gasteiger partial charge in [-0.05, 0) is 47.7 Å². The monoisotopic (exact) mass is 371 g/mol. The number of halogens is 3.